The predicted octanol–water partition coefficient (Wildman–Crippen LogP) is 1.16. The Balaban J connectivity index is 2.94. The molecule has 0 bridgehead atoms. The maximum atomic E-state index is 3.97. The van der Waals surface area contributed by atoms with Crippen molar-refractivity contribution in [2.75, 3.05) is 6.54 Å². The quantitative estimate of drug-likeness (QED) is 0.428. The van der Waals surface area contributed by atoms with Crippen LogP contribution in [0.3, 0.4) is 0 Å². The molecule has 0 unspecified atom stereocenters. The number of nitrogens with one attached hydrogen (secondary N) is 1. The van der Waals surface area contributed by atoms with Crippen molar-refractivity contribution < 1.29 is 0 Å². The summed E-state index contributed by atoms with van der Waals surface area (Å²) in [7, 11) is 0. The van der Waals surface area contributed by atoms with Gasteiger partial charge >= 0.3 is 0 Å². The number of hydrogen-bond donors (Lipinski definition) is 1. The summed E-state index contributed by atoms with van der Waals surface area (Å²) < 4.78 is 0. The van der Waals surface area contributed by atoms with E-state index in [1.807, 2.05) is 0 Å². The van der Waals surface area contributed by atoms with E-state index in [0.717, 1.165) is 13.0 Å². The third-order valence-electron chi connectivity index (χ3n) is 0.636. The summed E-state index contributed by atoms with van der Waals surface area (Å²) in [5.41, 5.74) is 0. The van der Waals surface area contributed by atoms with Gasteiger partial charge < -0.3 is 5.32 Å². The van der Waals surface area contributed by atoms with Gasteiger partial charge in [0.1, 0.15) is 0 Å². The van der Waals surface area contributed by atoms with E-state index in [0.29, 0.717) is 0 Å². The van der Waals surface area contributed by atoms with Gasteiger partial charge in [-0.25, -0.2) is 0 Å². The highest BCUT2D eigenvalue weighted by Crippen LogP contribution is 1.72. The molecule has 1 N–H and O–H groups in total. The lowest BCUT2D eigenvalue weighted by atomic mass is 10.5. The molecule has 0 atom stereocenters. The zero-order valence-electron chi connectivity index (χ0n) is 5.22. The van der Waals surface area contributed by atoms with Gasteiger partial charge in [-0.1, -0.05) is 13.5 Å². The predicted molar refractivity (Wildman–Crippen MR) is 37.0 cm³/mol. The van der Waals surface area contributed by atoms with Crippen molar-refractivity contribution in [3.8, 4) is 0 Å². The minimum Gasteiger partial charge on any atom is -0.354 e. The van der Waals surface area contributed by atoms with Crippen LogP contribution in [0.1, 0.15) is 13.3 Å². The van der Waals surface area contributed by atoms with Crippen LogP contribution in [-0.2, 0) is 0 Å². The molecule has 8 heavy (non-hydrogen) atoms. The molecule has 0 aliphatic rings. The molecule has 0 saturated carbocycles. The highest BCUT2D eigenvalue weighted by atomic mass is 14.9. The van der Waals surface area contributed by atoms with Crippen molar-refractivity contribution in [1.82, 2.24) is 5.32 Å². The molecule has 0 aromatic rings. The zero-order valence-corrected chi connectivity index (χ0v) is 5.22. The largest absolute Gasteiger partial charge is 0.354 e. The van der Waals surface area contributed by atoms with Crippen LogP contribution in [0.5, 0.6) is 0 Å². The average Bonchev–Trinajstić information content (AvgIpc) is 1.81. The number of rotatable bonds is 4. The first-order valence-electron chi connectivity index (χ1n) is 2.77. The van der Waals surface area contributed by atoms with Crippen LogP contribution < -0.4 is 5.32 Å². The van der Waals surface area contributed by atoms with Crippen LogP contribution in [0.25, 0.3) is 0 Å². The molecule has 0 fully saturated rings. The first-order valence-corrected chi connectivity index (χ1v) is 2.77. The molecule has 0 aliphatic carbocycles. The smallest absolute Gasteiger partial charge is 0.0863 e. The minimum atomic E-state index is 0.890. The van der Waals surface area contributed by atoms with E-state index < -0.39 is 0 Å². The maximum Gasteiger partial charge on any atom is 0.0863 e. The standard InChI is InChI=1S/C6H12N2/c1-3-5-8-6-7-4-2/h4,6H,2-3,5H2,1H3,(H,7,8). The van der Waals surface area contributed by atoms with E-state index >= 15 is 0 Å². The van der Waals surface area contributed by atoms with Gasteiger partial charge in [0.05, 0.1) is 6.34 Å². The Hall–Kier alpha value is -0.790. The first-order chi connectivity index (χ1) is 3.91. The Morgan fingerprint density at radius 2 is 2.50 bits per heavy atom. The Bertz CT molecular complexity index is 76.6. The van der Waals surface area contributed by atoms with Crippen LogP contribution in [0.4, 0.5) is 0 Å². The Morgan fingerprint density at radius 3 is 3.00 bits per heavy atom. The van der Waals surface area contributed by atoms with Crippen LogP contribution >= 0.6 is 0 Å². The topological polar surface area (TPSA) is 24.4 Å². The van der Waals surface area contributed by atoms with Crippen molar-refractivity contribution >= 4 is 6.34 Å². The Kier molecular flexibility index (Phi) is 5.60. The molecule has 0 aromatic carbocycles. The molecular weight excluding hydrogens is 100 g/mol. The van der Waals surface area contributed by atoms with Gasteiger partial charge in [-0.3, -0.25) is 4.99 Å². The highest BCUT2D eigenvalue weighted by Gasteiger charge is 1.68. The summed E-state index contributed by atoms with van der Waals surface area (Å²) in [5.74, 6) is 0. The lowest BCUT2D eigenvalue weighted by molar-refractivity contribution is 0.931. The van der Waals surface area contributed by atoms with Gasteiger partial charge in [-0.2, -0.15) is 0 Å². The summed E-state index contributed by atoms with van der Waals surface area (Å²) in [5, 5.41) is 2.76. The normalized spacial score (nSPS) is 9.62. The van der Waals surface area contributed by atoms with Gasteiger partial charge in [0, 0.05) is 6.54 Å². The van der Waals surface area contributed by atoms with E-state index in [1.165, 1.54) is 0 Å². The lowest BCUT2D eigenvalue weighted by Gasteiger charge is -1.85. The second-order valence-electron chi connectivity index (χ2n) is 1.41. The van der Waals surface area contributed by atoms with Gasteiger partial charge in [0.15, 0.2) is 0 Å². The van der Waals surface area contributed by atoms with E-state index in [9.17, 15) is 0 Å². The Morgan fingerprint density at radius 1 is 1.75 bits per heavy atom. The molecule has 0 spiro atoms. The van der Waals surface area contributed by atoms with Crippen LogP contribution in [0.15, 0.2) is 17.8 Å². The second kappa shape index (κ2) is 6.21. The second-order valence-corrected chi connectivity index (χ2v) is 1.41. The SMILES string of the molecule is C=CNC=NCCC. The van der Waals surface area contributed by atoms with Crippen LogP contribution in [-0.4, -0.2) is 12.9 Å². The molecule has 0 aliphatic heterocycles. The zero-order chi connectivity index (χ0) is 6.24. The summed E-state index contributed by atoms with van der Waals surface area (Å²) in [6.07, 6.45) is 4.34. The summed E-state index contributed by atoms with van der Waals surface area (Å²) in [4.78, 5) is 3.97. The summed E-state index contributed by atoms with van der Waals surface area (Å²) in [6.45, 7) is 6.43. The van der Waals surface area contributed by atoms with Gasteiger partial charge in [0.2, 0.25) is 0 Å². The summed E-state index contributed by atoms with van der Waals surface area (Å²) in [6, 6.07) is 0. The fourth-order valence-corrected chi connectivity index (χ4v) is 0.299. The van der Waals surface area contributed by atoms with E-state index in [2.05, 4.69) is 23.8 Å². The van der Waals surface area contributed by atoms with Crippen molar-refractivity contribution in [3.05, 3.63) is 12.8 Å². The highest BCUT2D eigenvalue weighted by molar-refractivity contribution is 5.55. The van der Waals surface area contributed by atoms with E-state index in [1.54, 1.807) is 12.5 Å². The van der Waals surface area contributed by atoms with Crippen molar-refractivity contribution in [3.63, 3.8) is 0 Å². The third-order valence-corrected chi connectivity index (χ3v) is 0.636. The fraction of sp³-hybridized carbons (Fsp3) is 0.500. The third kappa shape index (κ3) is 5.21. The first kappa shape index (κ1) is 7.21. The van der Waals surface area contributed by atoms with Crippen molar-refractivity contribution in [1.29, 1.82) is 0 Å². The van der Waals surface area contributed by atoms with E-state index in [-0.39, 0.29) is 0 Å². The van der Waals surface area contributed by atoms with Gasteiger partial charge in [0.25, 0.3) is 0 Å². The molecule has 2 nitrogen and oxygen atoms in total. The molecule has 0 heterocycles. The van der Waals surface area contributed by atoms with Gasteiger partial charge in [-0.15, -0.1) is 0 Å². The molecule has 0 saturated heterocycles. The van der Waals surface area contributed by atoms with Gasteiger partial charge in [-0.05, 0) is 12.6 Å². The molecule has 0 amide bonds. The molecule has 2 heteroatoms. The van der Waals surface area contributed by atoms with Crippen molar-refractivity contribution in [2.24, 2.45) is 4.99 Å². The maximum absolute atomic E-state index is 3.97. The lowest BCUT2D eigenvalue weighted by Crippen LogP contribution is -1.99. The number of nitrogens with zero attached hydrogens (tertiary/aromatic N) is 1. The Labute approximate surface area is 50.3 Å². The summed E-state index contributed by atoms with van der Waals surface area (Å²) >= 11 is 0. The molecule has 0 aromatic heterocycles. The number of aliphatic imine (C=N–C) groups is 1. The average molecular weight is 112 g/mol. The van der Waals surface area contributed by atoms with Crippen LogP contribution in [0.2, 0.25) is 0 Å². The fourth-order valence-electron chi connectivity index (χ4n) is 0.299. The van der Waals surface area contributed by atoms with E-state index in [4.69, 9.17) is 0 Å². The minimum absolute atomic E-state index is 0.890. The molecule has 0 rings (SSSR count). The van der Waals surface area contributed by atoms with Crippen molar-refractivity contribution in [2.45, 2.75) is 13.3 Å². The number of hydrogen-bond acceptors (Lipinski definition) is 1. The van der Waals surface area contributed by atoms with Crippen LogP contribution in [0, 0.1) is 0 Å². The molecular formula is C6H12N2. The molecule has 0 radical (unpaired) electrons. The molecule has 46 valence electrons. The monoisotopic (exact) mass is 112 g/mol.